The first-order chi connectivity index (χ1) is 16.3. The third-order valence-electron chi connectivity index (χ3n) is 11.1. The molecule has 0 aromatic heterocycles. The van der Waals surface area contributed by atoms with Crippen LogP contribution in [0.25, 0.3) is 0 Å². The van der Waals surface area contributed by atoms with Crippen molar-refractivity contribution in [3.63, 3.8) is 0 Å². The van der Waals surface area contributed by atoms with E-state index in [2.05, 4.69) is 45.6 Å². The van der Waals surface area contributed by atoms with Gasteiger partial charge in [-0.05, 0) is 80.9 Å². The van der Waals surface area contributed by atoms with Crippen molar-refractivity contribution < 1.29 is 20.1 Å². The van der Waals surface area contributed by atoms with Gasteiger partial charge in [0.15, 0.2) is 11.5 Å². The molecular weight excluding hydrogens is 438 g/mol. The van der Waals surface area contributed by atoms with Crippen LogP contribution in [0.2, 0.25) is 0 Å². The van der Waals surface area contributed by atoms with Crippen LogP contribution in [-0.4, -0.2) is 57.2 Å². The van der Waals surface area contributed by atoms with E-state index in [1.54, 1.807) is 6.07 Å². The molecule has 0 unspecified atom stereocenters. The molecule has 7 atom stereocenters. The molecule has 0 amide bonds. The van der Waals surface area contributed by atoms with Gasteiger partial charge in [-0.2, -0.15) is 0 Å². The summed E-state index contributed by atoms with van der Waals surface area (Å²) >= 11 is 0. The topological polar surface area (TPSA) is 73.2 Å². The van der Waals surface area contributed by atoms with E-state index in [-0.39, 0.29) is 22.5 Å². The second kappa shape index (κ2) is 7.39. The largest absolute Gasteiger partial charge is 0.504 e. The first-order valence-corrected chi connectivity index (χ1v) is 14.0. The summed E-state index contributed by atoms with van der Waals surface area (Å²) in [4.78, 5) is 2.77. The van der Waals surface area contributed by atoms with Crippen LogP contribution in [0.4, 0.5) is 0 Å². The van der Waals surface area contributed by atoms with Crippen LogP contribution in [0.3, 0.4) is 0 Å². The summed E-state index contributed by atoms with van der Waals surface area (Å²) in [7, 11) is 0. The highest BCUT2D eigenvalue weighted by Crippen LogP contribution is 2.72. The Bertz CT molecular complexity index is 1020. The maximum atomic E-state index is 12.0. The molecule has 2 bridgehead atoms. The molecule has 5 aliphatic rings. The second-order valence-electron chi connectivity index (χ2n) is 14.3. The number of phenolic OH excluding ortho intramolecular Hbond substituents is 1. The molecule has 1 aromatic rings. The van der Waals surface area contributed by atoms with E-state index in [0.29, 0.717) is 17.7 Å². The van der Waals surface area contributed by atoms with Gasteiger partial charge in [-0.3, -0.25) is 4.90 Å². The number of ether oxygens (including phenoxy) is 1. The molecule has 3 aliphatic carbocycles. The molecule has 6 rings (SSSR count). The highest BCUT2D eigenvalue weighted by molar-refractivity contribution is 5.62. The molecule has 3 N–H and O–H groups in total. The molecule has 0 radical (unpaired) electrons. The number of phenols is 1. The fourth-order valence-electron chi connectivity index (χ4n) is 8.94. The van der Waals surface area contributed by atoms with Gasteiger partial charge in [0.25, 0.3) is 0 Å². The van der Waals surface area contributed by atoms with Crippen molar-refractivity contribution in [1.82, 2.24) is 4.90 Å². The number of rotatable bonds is 5. The Kier molecular flexibility index (Phi) is 5.08. The SMILES string of the molecule is CC(C)C[C@]12C[C@H]([C@](C)(O)C(C)(C)C)[C@@H](O)[C@@H]3Oc4c(O)ccc5c4[C@@]31CCN(CC1CC1)[C@@H]2C5. The maximum Gasteiger partial charge on any atom is 0.165 e. The van der Waals surface area contributed by atoms with Gasteiger partial charge in [-0.15, -0.1) is 0 Å². The van der Waals surface area contributed by atoms with Crippen LogP contribution in [0.15, 0.2) is 12.1 Å². The van der Waals surface area contributed by atoms with Crippen molar-refractivity contribution in [2.75, 3.05) is 13.1 Å². The fraction of sp³-hybridized carbons (Fsp3) is 0.800. The monoisotopic (exact) mass is 483 g/mol. The summed E-state index contributed by atoms with van der Waals surface area (Å²) in [5, 5.41) is 35.0. The van der Waals surface area contributed by atoms with E-state index < -0.39 is 23.2 Å². The minimum atomic E-state index is -1.06. The number of piperidine rings is 1. The number of likely N-dealkylation sites (tertiary alicyclic amines) is 1. The fourth-order valence-corrected chi connectivity index (χ4v) is 8.94. The quantitative estimate of drug-likeness (QED) is 0.569. The third-order valence-corrected chi connectivity index (χ3v) is 11.1. The molecular formula is C30H45NO4. The highest BCUT2D eigenvalue weighted by Gasteiger charge is 2.75. The van der Waals surface area contributed by atoms with Gasteiger partial charge >= 0.3 is 0 Å². The molecule has 1 aromatic carbocycles. The average Bonchev–Trinajstić information content (AvgIpc) is 3.49. The van der Waals surface area contributed by atoms with Crippen molar-refractivity contribution in [2.24, 2.45) is 28.6 Å². The van der Waals surface area contributed by atoms with Gasteiger partial charge in [0.1, 0.15) is 6.10 Å². The molecule has 2 saturated carbocycles. The van der Waals surface area contributed by atoms with Gasteiger partial charge in [-0.1, -0.05) is 40.7 Å². The normalized spacial score (nSPS) is 39.8. The van der Waals surface area contributed by atoms with E-state index in [0.717, 1.165) is 44.7 Å². The molecule has 35 heavy (non-hydrogen) atoms. The summed E-state index contributed by atoms with van der Waals surface area (Å²) in [6.07, 6.45) is 5.17. The van der Waals surface area contributed by atoms with Crippen LogP contribution < -0.4 is 4.74 Å². The molecule has 2 heterocycles. The molecule has 5 nitrogen and oxygen atoms in total. The number of hydrogen-bond acceptors (Lipinski definition) is 5. The Hall–Kier alpha value is -1.30. The standard InChI is InChI=1S/C30H45NO4/c1-17(2)14-29-15-20(28(6,34)27(3,4)5)24(33)26-30(29)11-12-31(16-18-7-8-18)22(29)13-19-9-10-21(32)25(35-26)23(19)30/h9-10,17-18,20,22,24,26,32-34H,7-8,11-16H2,1-6H3/t20-,22+,24+,26-,28-,29+,30-/m0/s1. The minimum absolute atomic E-state index is 0.121. The number of nitrogens with zero attached hydrogens (tertiary/aromatic N) is 1. The minimum Gasteiger partial charge on any atom is -0.504 e. The predicted molar refractivity (Wildman–Crippen MR) is 137 cm³/mol. The van der Waals surface area contributed by atoms with Crippen LogP contribution in [0.5, 0.6) is 11.5 Å². The van der Waals surface area contributed by atoms with E-state index in [1.807, 2.05) is 6.92 Å². The summed E-state index contributed by atoms with van der Waals surface area (Å²) in [6.45, 7) is 15.0. The summed E-state index contributed by atoms with van der Waals surface area (Å²) in [5.74, 6) is 1.78. The maximum absolute atomic E-state index is 12.0. The first-order valence-electron chi connectivity index (χ1n) is 14.0. The number of aromatic hydroxyl groups is 1. The Balaban J connectivity index is 1.59. The van der Waals surface area contributed by atoms with Crippen molar-refractivity contribution in [2.45, 2.75) is 109 Å². The number of hydrogen-bond donors (Lipinski definition) is 3. The lowest BCUT2D eigenvalue weighted by molar-refractivity contribution is -0.234. The van der Waals surface area contributed by atoms with Gasteiger partial charge < -0.3 is 20.1 Å². The Morgan fingerprint density at radius 2 is 1.89 bits per heavy atom. The van der Waals surface area contributed by atoms with Crippen LogP contribution in [-0.2, 0) is 11.8 Å². The van der Waals surface area contributed by atoms with Crippen LogP contribution >= 0.6 is 0 Å². The van der Waals surface area contributed by atoms with Crippen molar-refractivity contribution >= 4 is 0 Å². The molecule has 2 aliphatic heterocycles. The first kappa shape index (κ1) is 24.1. The van der Waals surface area contributed by atoms with Gasteiger partial charge in [0.05, 0.1) is 11.7 Å². The van der Waals surface area contributed by atoms with Crippen LogP contribution in [0, 0.1) is 28.6 Å². The Labute approximate surface area is 210 Å². The average molecular weight is 484 g/mol. The third kappa shape index (κ3) is 3.04. The smallest absolute Gasteiger partial charge is 0.165 e. The highest BCUT2D eigenvalue weighted by atomic mass is 16.5. The molecule has 1 spiro atoms. The molecule has 1 saturated heterocycles. The zero-order valence-electron chi connectivity index (χ0n) is 22.5. The lowest BCUT2D eigenvalue weighted by Crippen LogP contribution is -2.76. The van der Waals surface area contributed by atoms with Crippen LogP contribution in [0.1, 0.15) is 84.8 Å². The van der Waals surface area contributed by atoms with E-state index >= 15 is 0 Å². The number of aliphatic hydroxyl groups excluding tert-OH is 1. The second-order valence-corrected chi connectivity index (χ2v) is 14.3. The molecule has 194 valence electrons. The zero-order valence-corrected chi connectivity index (χ0v) is 22.5. The van der Waals surface area contributed by atoms with Crippen molar-refractivity contribution in [3.05, 3.63) is 23.3 Å². The Morgan fingerprint density at radius 1 is 1.17 bits per heavy atom. The zero-order chi connectivity index (χ0) is 25.1. The van der Waals surface area contributed by atoms with E-state index in [4.69, 9.17) is 4.74 Å². The molecule has 3 fully saturated rings. The molecule has 5 heteroatoms. The Morgan fingerprint density at radius 3 is 2.51 bits per heavy atom. The number of benzene rings is 1. The summed E-state index contributed by atoms with van der Waals surface area (Å²) in [5.41, 5.74) is 0.571. The van der Waals surface area contributed by atoms with Gasteiger partial charge in [0.2, 0.25) is 0 Å². The lowest BCUT2D eigenvalue weighted by Gasteiger charge is -2.69. The van der Waals surface area contributed by atoms with Crippen molar-refractivity contribution in [3.8, 4) is 11.5 Å². The number of aliphatic hydroxyl groups is 2. The van der Waals surface area contributed by atoms with E-state index in [1.165, 1.54) is 24.0 Å². The summed E-state index contributed by atoms with van der Waals surface area (Å²) < 4.78 is 6.67. The van der Waals surface area contributed by atoms with E-state index in [9.17, 15) is 15.3 Å². The van der Waals surface area contributed by atoms with Gasteiger partial charge in [0, 0.05) is 34.9 Å². The van der Waals surface area contributed by atoms with Crippen molar-refractivity contribution in [1.29, 1.82) is 0 Å². The van der Waals surface area contributed by atoms with Gasteiger partial charge in [-0.25, -0.2) is 0 Å². The summed E-state index contributed by atoms with van der Waals surface area (Å²) in [6, 6.07) is 4.26. The predicted octanol–water partition coefficient (Wildman–Crippen LogP) is 4.64. The lowest BCUT2D eigenvalue weighted by atomic mass is 9.39.